The minimum absolute atomic E-state index is 0.00729. The SMILES string of the molecule is Cc1c(C=O)ncc(CN)c1C(F)F. The summed E-state index contributed by atoms with van der Waals surface area (Å²) in [5.41, 5.74) is 5.64. The number of hydrogen-bond acceptors (Lipinski definition) is 3. The Morgan fingerprint density at radius 2 is 2.29 bits per heavy atom. The summed E-state index contributed by atoms with van der Waals surface area (Å²) in [6, 6.07) is 0. The minimum atomic E-state index is -2.63. The van der Waals surface area contributed by atoms with E-state index in [1.807, 2.05) is 0 Å². The molecule has 5 heteroatoms. The van der Waals surface area contributed by atoms with Crippen LogP contribution in [-0.2, 0) is 6.54 Å². The summed E-state index contributed by atoms with van der Waals surface area (Å²) in [5, 5.41) is 0. The first-order valence-electron chi connectivity index (χ1n) is 4.03. The lowest BCUT2D eigenvalue weighted by molar-refractivity contribution is 0.111. The number of rotatable bonds is 3. The van der Waals surface area contributed by atoms with E-state index in [1.54, 1.807) is 0 Å². The normalized spacial score (nSPS) is 10.6. The molecule has 0 saturated heterocycles. The third-order valence-corrected chi connectivity index (χ3v) is 2.04. The molecular weight excluding hydrogens is 190 g/mol. The molecule has 1 aromatic rings. The van der Waals surface area contributed by atoms with Gasteiger partial charge in [0, 0.05) is 18.3 Å². The predicted molar refractivity (Wildman–Crippen MR) is 47.2 cm³/mol. The van der Waals surface area contributed by atoms with Crippen molar-refractivity contribution >= 4 is 6.29 Å². The maximum atomic E-state index is 12.6. The summed E-state index contributed by atoms with van der Waals surface area (Å²) in [7, 11) is 0. The zero-order valence-electron chi connectivity index (χ0n) is 7.63. The van der Waals surface area contributed by atoms with Gasteiger partial charge in [0.25, 0.3) is 6.43 Å². The summed E-state index contributed by atoms with van der Waals surface area (Å²) < 4.78 is 25.2. The van der Waals surface area contributed by atoms with Crippen LogP contribution in [0.1, 0.15) is 33.6 Å². The number of pyridine rings is 1. The molecule has 0 aliphatic rings. The Kier molecular flexibility index (Phi) is 3.24. The molecule has 1 rings (SSSR count). The molecule has 0 aromatic carbocycles. The Bertz CT molecular complexity index is 353. The summed E-state index contributed by atoms with van der Waals surface area (Å²) in [4.78, 5) is 14.2. The number of carbonyl (C=O) groups excluding carboxylic acids is 1. The van der Waals surface area contributed by atoms with E-state index in [2.05, 4.69) is 4.98 Å². The average Bonchev–Trinajstić information content (AvgIpc) is 2.16. The van der Waals surface area contributed by atoms with Gasteiger partial charge in [0.2, 0.25) is 0 Å². The first-order chi connectivity index (χ1) is 6.61. The molecule has 3 nitrogen and oxygen atoms in total. The van der Waals surface area contributed by atoms with Gasteiger partial charge in [-0.15, -0.1) is 0 Å². The molecule has 1 heterocycles. The number of nitrogens with two attached hydrogens (primary N) is 1. The van der Waals surface area contributed by atoms with Crippen LogP contribution in [-0.4, -0.2) is 11.3 Å². The first kappa shape index (κ1) is 10.7. The number of aromatic nitrogens is 1. The maximum Gasteiger partial charge on any atom is 0.264 e. The van der Waals surface area contributed by atoms with Crippen LogP contribution in [0.25, 0.3) is 0 Å². The van der Waals surface area contributed by atoms with E-state index in [1.165, 1.54) is 13.1 Å². The summed E-state index contributed by atoms with van der Waals surface area (Å²) in [6.07, 6.45) is -0.949. The van der Waals surface area contributed by atoms with Crippen molar-refractivity contribution in [2.45, 2.75) is 19.9 Å². The van der Waals surface area contributed by atoms with Gasteiger partial charge in [-0.05, 0) is 18.1 Å². The maximum absolute atomic E-state index is 12.6. The van der Waals surface area contributed by atoms with Gasteiger partial charge in [-0.2, -0.15) is 0 Å². The van der Waals surface area contributed by atoms with Gasteiger partial charge in [0.15, 0.2) is 6.29 Å². The number of alkyl halides is 2. The summed E-state index contributed by atoms with van der Waals surface area (Å²) in [6.45, 7) is 1.43. The monoisotopic (exact) mass is 200 g/mol. The van der Waals surface area contributed by atoms with E-state index in [4.69, 9.17) is 5.73 Å². The van der Waals surface area contributed by atoms with Crippen molar-refractivity contribution in [3.05, 3.63) is 28.6 Å². The van der Waals surface area contributed by atoms with Crippen LogP contribution in [0.4, 0.5) is 8.78 Å². The summed E-state index contributed by atoms with van der Waals surface area (Å²) in [5.74, 6) is 0. The molecule has 14 heavy (non-hydrogen) atoms. The fourth-order valence-corrected chi connectivity index (χ4v) is 1.28. The second kappa shape index (κ2) is 4.23. The van der Waals surface area contributed by atoms with Crippen molar-refractivity contribution in [3.63, 3.8) is 0 Å². The van der Waals surface area contributed by atoms with Crippen LogP contribution in [0.3, 0.4) is 0 Å². The van der Waals surface area contributed by atoms with Gasteiger partial charge < -0.3 is 5.73 Å². The van der Waals surface area contributed by atoms with Crippen LogP contribution in [0, 0.1) is 6.92 Å². The number of nitrogens with zero attached hydrogens (tertiary/aromatic N) is 1. The Morgan fingerprint density at radius 3 is 2.71 bits per heavy atom. The van der Waals surface area contributed by atoms with Crippen molar-refractivity contribution in [2.75, 3.05) is 0 Å². The van der Waals surface area contributed by atoms with E-state index in [-0.39, 0.29) is 28.9 Å². The molecule has 0 fully saturated rings. The molecular formula is C9H10F2N2O. The highest BCUT2D eigenvalue weighted by molar-refractivity contribution is 5.75. The van der Waals surface area contributed by atoms with Crippen molar-refractivity contribution in [1.82, 2.24) is 4.98 Å². The second-order valence-electron chi connectivity index (χ2n) is 2.83. The lowest BCUT2D eigenvalue weighted by Crippen LogP contribution is -2.08. The topological polar surface area (TPSA) is 56.0 Å². The molecule has 0 bridgehead atoms. The van der Waals surface area contributed by atoms with Gasteiger partial charge >= 0.3 is 0 Å². The van der Waals surface area contributed by atoms with Crippen molar-refractivity contribution in [2.24, 2.45) is 5.73 Å². The quantitative estimate of drug-likeness (QED) is 0.754. The van der Waals surface area contributed by atoms with E-state index in [0.29, 0.717) is 6.29 Å². The highest BCUT2D eigenvalue weighted by atomic mass is 19.3. The van der Waals surface area contributed by atoms with Gasteiger partial charge in [0.05, 0.1) is 0 Å². The minimum Gasteiger partial charge on any atom is -0.326 e. The van der Waals surface area contributed by atoms with E-state index in [0.717, 1.165) is 0 Å². The number of carbonyl (C=O) groups is 1. The molecule has 0 spiro atoms. The Labute approximate surface area is 79.9 Å². The molecule has 0 atom stereocenters. The van der Waals surface area contributed by atoms with Crippen LogP contribution in [0.5, 0.6) is 0 Å². The average molecular weight is 200 g/mol. The summed E-state index contributed by atoms with van der Waals surface area (Å²) >= 11 is 0. The molecule has 0 aliphatic heterocycles. The Morgan fingerprint density at radius 1 is 1.64 bits per heavy atom. The van der Waals surface area contributed by atoms with Crippen LogP contribution in [0.15, 0.2) is 6.20 Å². The lowest BCUT2D eigenvalue weighted by atomic mass is 10.0. The lowest BCUT2D eigenvalue weighted by Gasteiger charge is -2.10. The van der Waals surface area contributed by atoms with E-state index in [9.17, 15) is 13.6 Å². The third kappa shape index (κ3) is 1.77. The van der Waals surface area contributed by atoms with Crippen molar-refractivity contribution in [1.29, 1.82) is 0 Å². The molecule has 2 N–H and O–H groups in total. The molecule has 0 aliphatic carbocycles. The fraction of sp³-hybridized carbons (Fsp3) is 0.333. The number of hydrogen-bond donors (Lipinski definition) is 1. The van der Waals surface area contributed by atoms with Crippen molar-refractivity contribution in [3.8, 4) is 0 Å². The highest BCUT2D eigenvalue weighted by Crippen LogP contribution is 2.26. The molecule has 1 aromatic heterocycles. The van der Waals surface area contributed by atoms with E-state index < -0.39 is 6.43 Å². The van der Waals surface area contributed by atoms with Crippen LogP contribution >= 0.6 is 0 Å². The zero-order valence-corrected chi connectivity index (χ0v) is 7.63. The van der Waals surface area contributed by atoms with Crippen LogP contribution < -0.4 is 5.73 Å². The smallest absolute Gasteiger partial charge is 0.264 e. The van der Waals surface area contributed by atoms with Crippen LogP contribution in [0.2, 0.25) is 0 Å². The standard InChI is InChI=1S/C9H10F2N2O/c1-5-7(4-14)13-3-6(2-12)8(5)9(10)11/h3-4,9H,2,12H2,1H3. The van der Waals surface area contributed by atoms with Gasteiger partial charge in [-0.25, -0.2) is 8.78 Å². The van der Waals surface area contributed by atoms with E-state index >= 15 is 0 Å². The molecule has 0 radical (unpaired) electrons. The van der Waals surface area contributed by atoms with Gasteiger partial charge in [-0.1, -0.05) is 0 Å². The third-order valence-electron chi connectivity index (χ3n) is 2.04. The largest absolute Gasteiger partial charge is 0.326 e. The molecule has 0 unspecified atom stereocenters. The van der Waals surface area contributed by atoms with Crippen molar-refractivity contribution < 1.29 is 13.6 Å². The Balaban J connectivity index is 3.38. The highest BCUT2D eigenvalue weighted by Gasteiger charge is 2.18. The molecule has 0 saturated carbocycles. The zero-order chi connectivity index (χ0) is 10.7. The number of halogens is 2. The fourth-order valence-electron chi connectivity index (χ4n) is 1.28. The first-order valence-corrected chi connectivity index (χ1v) is 4.03. The predicted octanol–water partition coefficient (Wildman–Crippen LogP) is 1.60. The molecule has 0 amide bonds. The van der Waals surface area contributed by atoms with Gasteiger partial charge in [0.1, 0.15) is 5.69 Å². The van der Waals surface area contributed by atoms with Gasteiger partial charge in [-0.3, -0.25) is 9.78 Å². The number of aldehydes is 1. The Hall–Kier alpha value is -1.36. The molecule has 76 valence electrons. The second-order valence-corrected chi connectivity index (χ2v) is 2.83.